The Bertz CT molecular complexity index is 1760. The molecule has 9 N–H and O–H groups in total. The van der Waals surface area contributed by atoms with Crippen LogP contribution in [0.3, 0.4) is 0 Å². The maximum Gasteiger partial charge on any atom is 0.220 e. The lowest BCUT2D eigenvalue weighted by Gasteiger charge is -2.46. The quantitative estimate of drug-likeness (QED) is 0.0204. The lowest BCUT2D eigenvalue weighted by atomic mass is 9.97. The second-order valence-electron chi connectivity index (χ2n) is 21.5. The average molecular weight is 1130 g/mol. The number of ether oxygens (including phenoxy) is 4. The summed E-state index contributed by atoms with van der Waals surface area (Å²) in [5.74, 6) is -0.221. The first-order valence-corrected chi connectivity index (χ1v) is 31.1. The van der Waals surface area contributed by atoms with Gasteiger partial charge in [0.15, 0.2) is 12.6 Å². The van der Waals surface area contributed by atoms with Gasteiger partial charge in [-0.25, -0.2) is 0 Å². The van der Waals surface area contributed by atoms with Gasteiger partial charge in [-0.05, 0) is 83.5 Å². The van der Waals surface area contributed by atoms with Crippen LogP contribution in [0.25, 0.3) is 0 Å². The van der Waals surface area contributed by atoms with E-state index < -0.39 is 86.8 Å². The Morgan fingerprint density at radius 2 is 0.863 bits per heavy atom. The van der Waals surface area contributed by atoms with Crippen molar-refractivity contribution >= 4 is 5.91 Å². The number of amides is 1. The number of hydrogen-bond acceptors (Lipinski definition) is 13. The van der Waals surface area contributed by atoms with Crippen molar-refractivity contribution in [2.75, 3.05) is 19.8 Å². The largest absolute Gasteiger partial charge is 0.394 e. The molecule has 12 unspecified atom stereocenters. The molecule has 2 saturated heterocycles. The molecule has 2 aliphatic heterocycles. The highest BCUT2D eigenvalue weighted by Crippen LogP contribution is 2.30. The first kappa shape index (κ1) is 72.8. The van der Waals surface area contributed by atoms with Crippen LogP contribution >= 0.6 is 0 Å². The molecule has 14 nitrogen and oxygen atoms in total. The van der Waals surface area contributed by atoms with Crippen LogP contribution in [0.4, 0.5) is 0 Å². The van der Waals surface area contributed by atoms with E-state index >= 15 is 0 Å². The minimum atomic E-state index is -1.79. The van der Waals surface area contributed by atoms with E-state index in [4.69, 9.17) is 18.9 Å². The summed E-state index contributed by atoms with van der Waals surface area (Å²) < 4.78 is 22.8. The van der Waals surface area contributed by atoms with Gasteiger partial charge in [-0.2, -0.15) is 0 Å². The second kappa shape index (κ2) is 50.2. The predicted octanol–water partition coefficient (Wildman–Crippen LogP) is 11.2. The first-order valence-electron chi connectivity index (χ1n) is 31.1. The van der Waals surface area contributed by atoms with E-state index in [0.29, 0.717) is 12.8 Å². The number of aliphatic hydroxyl groups is 8. The van der Waals surface area contributed by atoms with Crippen molar-refractivity contribution in [3.63, 3.8) is 0 Å². The molecule has 0 bridgehead atoms. The third kappa shape index (κ3) is 34.9. The molecule has 2 heterocycles. The molecule has 458 valence electrons. The summed E-state index contributed by atoms with van der Waals surface area (Å²) in [7, 11) is 0. The molecule has 0 saturated carbocycles. The third-order valence-corrected chi connectivity index (χ3v) is 14.5. The van der Waals surface area contributed by atoms with Gasteiger partial charge in [0.25, 0.3) is 0 Å². The van der Waals surface area contributed by atoms with Gasteiger partial charge in [0, 0.05) is 6.42 Å². The number of unbranched alkanes of at least 4 members (excludes halogenated alkanes) is 17. The molecule has 0 spiro atoms. The van der Waals surface area contributed by atoms with Crippen LogP contribution in [0, 0.1) is 0 Å². The molecule has 1 amide bonds. The zero-order chi connectivity index (χ0) is 58.1. The number of nitrogens with one attached hydrogen (secondary N) is 1. The molecular weight excluding hydrogens is 1010 g/mol. The maximum atomic E-state index is 13.2. The zero-order valence-corrected chi connectivity index (χ0v) is 49.3. The van der Waals surface area contributed by atoms with Gasteiger partial charge in [0.1, 0.15) is 48.8 Å². The van der Waals surface area contributed by atoms with Crippen molar-refractivity contribution in [2.24, 2.45) is 0 Å². The average Bonchev–Trinajstić information content (AvgIpc) is 3.49. The Morgan fingerprint density at radius 1 is 0.463 bits per heavy atom. The van der Waals surface area contributed by atoms with Gasteiger partial charge < -0.3 is 65.1 Å². The Kier molecular flexibility index (Phi) is 45.6. The standard InChI is InChI=1S/C66H111NO13/c1-3-5-7-9-11-13-14-15-16-17-18-19-20-21-22-23-24-25-26-27-28-29-30-31-32-33-34-35-36-37-38-39-40-42-44-46-48-50-58(71)67-54(55(70)49-47-45-43-41-12-10-8-6-4-2)53-77-65-63(76)61(74)64(57(52-69)79-65)80-66-62(75)60(73)59(72)56(51-68)78-66/h5,7,11,13,15-16,18-19,21-22,24-25,27-28,30-31,33-34,54-57,59-66,68-70,72-76H,3-4,6,8-10,12,14,17,20,23,26,29,32,35-53H2,1-2H3,(H,67,71)/b7-5-,13-11-,16-15-,19-18-,22-21-,25-24-,28-27-,31-30-,34-33-. The fourth-order valence-corrected chi connectivity index (χ4v) is 9.52. The zero-order valence-electron chi connectivity index (χ0n) is 49.3. The van der Waals surface area contributed by atoms with Gasteiger partial charge in [0.05, 0.1) is 32.0 Å². The van der Waals surface area contributed by atoms with E-state index in [-0.39, 0.29) is 18.9 Å². The number of carbonyl (C=O) groups is 1. The lowest BCUT2D eigenvalue weighted by Crippen LogP contribution is -2.65. The van der Waals surface area contributed by atoms with Gasteiger partial charge in [0.2, 0.25) is 5.91 Å². The van der Waals surface area contributed by atoms with Gasteiger partial charge in [-0.15, -0.1) is 0 Å². The minimum absolute atomic E-state index is 0.221. The van der Waals surface area contributed by atoms with Crippen LogP contribution in [0.2, 0.25) is 0 Å². The highest BCUT2D eigenvalue weighted by molar-refractivity contribution is 5.76. The fourth-order valence-electron chi connectivity index (χ4n) is 9.52. The summed E-state index contributed by atoms with van der Waals surface area (Å²) in [6.07, 6.45) is 54.0. The monoisotopic (exact) mass is 1130 g/mol. The van der Waals surface area contributed by atoms with E-state index in [1.165, 1.54) is 64.2 Å². The van der Waals surface area contributed by atoms with Gasteiger partial charge >= 0.3 is 0 Å². The molecule has 12 atom stereocenters. The van der Waals surface area contributed by atoms with E-state index in [1.54, 1.807) is 0 Å². The van der Waals surface area contributed by atoms with Gasteiger partial charge in [-0.1, -0.05) is 226 Å². The Balaban J connectivity index is 1.61. The molecule has 0 aliphatic carbocycles. The number of aliphatic hydroxyl groups excluding tert-OH is 8. The van der Waals surface area contributed by atoms with Crippen molar-refractivity contribution < 1.29 is 64.6 Å². The molecule has 0 aromatic rings. The predicted molar refractivity (Wildman–Crippen MR) is 322 cm³/mol. The van der Waals surface area contributed by atoms with Crippen LogP contribution in [0.15, 0.2) is 109 Å². The molecule has 0 aromatic carbocycles. The number of rotatable bonds is 48. The van der Waals surface area contributed by atoms with Crippen molar-refractivity contribution in [2.45, 2.75) is 280 Å². The summed E-state index contributed by atoms with van der Waals surface area (Å²) in [6, 6.07) is -0.837. The van der Waals surface area contributed by atoms with Gasteiger partial charge in [-0.3, -0.25) is 4.79 Å². The molecule has 0 radical (unpaired) electrons. The number of carbonyl (C=O) groups excluding carboxylic acids is 1. The number of allylic oxidation sites excluding steroid dienone is 18. The van der Waals surface area contributed by atoms with E-state index in [9.17, 15) is 45.6 Å². The van der Waals surface area contributed by atoms with E-state index in [2.05, 4.69) is 129 Å². The molecular formula is C66H111NO13. The van der Waals surface area contributed by atoms with Crippen LogP contribution in [0.5, 0.6) is 0 Å². The summed E-state index contributed by atoms with van der Waals surface area (Å²) in [4.78, 5) is 13.2. The van der Waals surface area contributed by atoms with E-state index in [0.717, 1.165) is 109 Å². The summed E-state index contributed by atoms with van der Waals surface area (Å²) in [5.41, 5.74) is 0. The highest BCUT2D eigenvalue weighted by Gasteiger charge is 2.51. The lowest BCUT2D eigenvalue weighted by molar-refractivity contribution is -0.359. The van der Waals surface area contributed by atoms with Crippen molar-refractivity contribution in [1.29, 1.82) is 0 Å². The highest BCUT2D eigenvalue weighted by atomic mass is 16.7. The molecule has 80 heavy (non-hydrogen) atoms. The molecule has 14 heteroatoms. The van der Waals surface area contributed by atoms with E-state index in [1.807, 2.05) is 0 Å². The topological polar surface area (TPSA) is 228 Å². The van der Waals surface area contributed by atoms with Crippen molar-refractivity contribution in [1.82, 2.24) is 5.32 Å². The van der Waals surface area contributed by atoms with Crippen LogP contribution in [-0.4, -0.2) is 140 Å². The normalized spacial score (nSPS) is 25.0. The molecule has 2 aliphatic rings. The molecule has 0 aromatic heterocycles. The molecule has 2 fully saturated rings. The summed E-state index contributed by atoms with van der Waals surface area (Å²) in [6.45, 7) is 2.69. The summed E-state index contributed by atoms with van der Waals surface area (Å²) >= 11 is 0. The third-order valence-electron chi connectivity index (χ3n) is 14.5. The maximum absolute atomic E-state index is 13.2. The SMILES string of the molecule is CC/C=C\C/C=C\C/C=C\C/C=C\C/C=C\C/C=C\C/C=C\C/C=C\C/C=C\CCCCCCCCCCCC(=O)NC(COC1OC(CO)C(OC2OC(CO)C(O)C(O)C2O)C(O)C1O)C(O)CCCCCCCCCCC. The summed E-state index contributed by atoms with van der Waals surface area (Å²) in [5, 5.41) is 87.0. The fraction of sp³-hybridized carbons (Fsp3) is 0.712. The minimum Gasteiger partial charge on any atom is -0.394 e. The first-order chi connectivity index (χ1) is 39.1. The number of hydrogen-bond donors (Lipinski definition) is 9. The van der Waals surface area contributed by atoms with Crippen LogP contribution < -0.4 is 5.32 Å². The van der Waals surface area contributed by atoms with Crippen LogP contribution in [0.1, 0.15) is 206 Å². The Hall–Kier alpha value is -3.35. The second-order valence-corrected chi connectivity index (χ2v) is 21.5. The molecule has 2 rings (SSSR count). The Labute approximate surface area is 483 Å². The van der Waals surface area contributed by atoms with Crippen LogP contribution in [-0.2, 0) is 23.7 Å². The van der Waals surface area contributed by atoms with Crippen molar-refractivity contribution in [3.8, 4) is 0 Å². The Morgan fingerprint density at radius 3 is 1.32 bits per heavy atom. The smallest absolute Gasteiger partial charge is 0.220 e. The van der Waals surface area contributed by atoms with Crippen molar-refractivity contribution in [3.05, 3.63) is 109 Å².